The molecule has 4 saturated carbocycles. The van der Waals surface area contributed by atoms with Gasteiger partial charge < -0.3 is 36.8 Å². The average molecular weight is 689 g/mol. The van der Waals surface area contributed by atoms with Gasteiger partial charge in [0.1, 0.15) is 17.3 Å². The van der Waals surface area contributed by atoms with Gasteiger partial charge in [0, 0.05) is 18.5 Å². The minimum absolute atomic E-state index is 0.0357. The molecule has 272 valence electrons. The van der Waals surface area contributed by atoms with E-state index in [1.165, 1.54) is 13.0 Å². The molecule has 1 aromatic rings. The number of guanidine groups is 1. The van der Waals surface area contributed by atoms with Crippen LogP contribution < -0.4 is 16.8 Å². The van der Waals surface area contributed by atoms with Gasteiger partial charge in [-0.25, -0.2) is 8.78 Å². The molecule has 0 aliphatic heterocycles. The van der Waals surface area contributed by atoms with Crippen molar-refractivity contribution in [3.8, 4) is 0 Å². The van der Waals surface area contributed by atoms with Gasteiger partial charge in [-0.15, -0.1) is 0 Å². The number of aliphatic carboxylic acids is 1. The Morgan fingerprint density at radius 2 is 1.80 bits per heavy atom. The lowest BCUT2D eigenvalue weighted by atomic mass is 9.43. The molecule has 5 rings (SSSR count). The molecular weight excluding hydrogens is 634 g/mol. The van der Waals surface area contributed by atoms with Crippen LogP contribution in [0.2, 0.25) is 0 Å². The van der Waals surface area contributed by atoms with Gasteiger partial charge in [-0.05, 0) is 128 Å². The number of nitrogens with one attached hydrogen (secondary N) is 1. The molecule has 11 unspecified atom stereocenters. The summed E-state index contributed by atoms with van der Waals surface area (Å²) in [7, 11) is 0. The van der Waals surface area contributed by atoms with Crippen LogP contribution in [0.4, 0.5) is 14.5 Å². The lowest BCUT2D eigenvalue weighted by Gasteiger charge is -2.63. The first-order valence-electron chi connectivity index (χ1n) is 17.8. The fourth-order valence-corrected chi connectivity index (χ4v) is 10.6. The first kappa shape index (κ1) is 37.2. The number of hydrogen-bond donors (Lipinski definition) is 6. The summed E-state index contributed by atoms with van der Waals surface area (Å²) in [5.41, 5.74) is 10.1. The molecule has 0 heterocycles. The molecule has 0 aromatic heterocycles. The second-order valence-corrected chi connectivity index (χ2v) is 15.7. The van der Waals surface area contributed by atoms with Crippen molar-refractivity contribution >= 4 is 29.6 Å². The standard InChI is InChI=1S/C37H54F2N4O6/c1-19(5-8-31(46)47)24-6-7-25-32-26(18-30(45)37(24,25)4)36(3)10-9-23(16-22(36)17-29(32)44)49-12-11-42-33-27(38)14-21(15-28(33)39)13-20(2)34(48)43-35(40)41/h13-15,19,22-26,29-30,32,42,44-45H,5-12,16-18H2,1-4H3,(H,46,47)(H4,40,41,43,48). The molecule has 10 nitrogen and oxygen atoms in total. The summed E-state index contributed by atoms with van der Waals surface area (Å²) in [5, 5.41) is 35.5. The van der Waals surface area contributed by atoms with E-state index < -0.39 is 41.7 Å². The number of ether oxygens (including phenoxy) is 1. The van der Waals surface area contributed by atoms with Crippen LogP contribution in [0.1, 0.15) is 91.0 Å². The van der Waals surface area contributed by atoms with Crippen molar-refractivity contribution < 1.29 is 38.4 Å². The number of aliphatic hydroxyl groups is 2. The molecule has 0 radical (unpaired) electrons. The Morgan fingerprint density at radius 1 is 1.10 bits per heavy atom. The van der Waals surface area contributed by atoms with E-state index in [1.807, 2.05) is 0 Å². The summed E-state index contributed by atoms with van der Waals surface area (Å²) < 4.78 is 35.9. The molecule has 0 saturated heterocycles. The zero-order valence-corrected chi connectivity index (χ0v) is 29.1. The van der Waals surface area contributed by atoms with E-state index in [0.717, 1.165) is 44.2 Å². The highest BCUT2D eigenvalue weighted by atomic mass is 19.1. The van der Waals surface area contributed by atoms with E-state index in [9.17, 15) is 33.7 Å². The second-order valence-electron chi connectivity index (χ2n) is 15.7. The normalized spacial score (nSPS) is 36.2. The Balaban J connectivity index is 1.17. The van der Waals surface area contributed by atoms with Crippen LogP contribution >= 0.6 is 0 Å². The number of rotatable bonds is 11. The van der Waals surface area contributed by atoms with Crippen molar-refractivity contribution in [2.75, 3.05) is 18.5 Å². The van der Waals surface area contributed by atoms with Crippen LogP contribution in [-0.4, -0.2) is 64.6 Å². The highest BCUT2D eigenvalue weighted by molar-refractivity contribution is 6.03. The van der Waals surface area contributed by atoms with Crippen molar-refractivity contribution in [3.63, 3.8) is 0 Å². The van der Waals surface area contributed by atoms with Gasteiger partial charge in [-0.2, -0.15) is 4.99 Å². The highest BCUT2D eigenvalue weighted by Gasteiger charge is 2.65. The van der Waals surface area contributed by atoms with Crippen LogP contribution in [0.3, 0.4) is 0 Å². The van der Waals surface area contributed by atoms with Crippen molar-refractivity contribution in [2.45, 2.75) is 104 Å². The van der Waals surface area contributed by atoms with Gasteiger partial charge in [-0.1, -0.05) is 20.8 Å². The predicted molar refractivity (Wildman–Crippen MR) is 183 cm³/mol. The Bertz CT molecular complexity index is 1440. The van der Waals surface area contributed by atoms with Crippen LogP contribution in [-0.2, 0) is 14.3 Å². The van der Waals surface area contributed by atoms with E-state index >= 15 is 0 Å². The zero-order chi connectivity index (χ0) is 35.8. The molecule has 8 N–H and O–H groups in total. The summed E-state index contributed by atoms with van der Waals surface area (Å²) in [6.45, 7) is 8.53. The Labute approximate surface area is 287 Å². The summed E-state index contributed by atoms with van der Waals surface area (Å²) in [4.78, 5) is 26.6. The fourth-order valence-electron chi connectivity index (χ4n) is 10.6. The molecule has 49 heavy (non-hydrogen) atoms. The van der Waals surface area contributed by atoms with Crippen LogP contribution in [0.15, 0.2) is 22.7 Å². The number of nitrogens with two attached hydrogens (primary N) is 2. The third-order valence-corrected chi connectivity index (χ3v) is 13.1. The zero-order valence-electron chi connectivity index (χ0n) is 29.1. The molecule has 1 amide bonds. The maximum Gasteiger partial charge on any atom is 0.303 e. The van der Waals surface area contributed by atoms with Crippen molar-refractivity contribution in [1.82, 2.24) is 0 Å². The molecule has 4 aliphatic carbocycles. The maximum atomic E-state index is 14.8. The number of carbonyl (C=O) groups is 2. The second kappa shape index (κ2) is 14.6. The number of aliphatic imine (C=N–C) groups is 1. The summed E-state index contributed by atoms with van der Waals surface area (Å²) in [6, 6.07) is 2.25. The maximum absolute atomic E-state index is 14.8. The number of anilines is 1. The van der Waals surface area contributed by atoms with Crippen LogP contribution in [0.25, 0.3) is 6.08 Å². The average Bonchev–Trinajstić information content (AvgIpc) is 3.38. The number of fused-ring (bicyclic) bond motifs is 5. The first-order chi connectivity index (χ1) is 23.1. The monoisotopic (exact) mass is 688 g/mol. The van der Waals surface area contributed by atoms with E-state index in [2.05, 4.69) is 31.1 Å². The smallest absolute Gasteiger partial charge is 0.303 e. The minimum atomic E-state index is -0.804. The summed E-state index contributed by atoms with van der Waals surface area (Å²) in [6.07, 6.45) is 6.81. The van der Waals surface area contributed by atoms with E-state index in [0.29, 0.717) is 19.3 Å². The quantitative estimate of drug-likeness (QED) is 0.0801. The Morgan fingerprint density at radius 3 is 2.45 bits per heavy atom. The summed E-state index contributed by atoms with van der Waals surface area (Å²) in [5.74, 6) is -2.33. The molecule has 0 bridgehead atoms. The van der Waals surface area contributed by atoms with Gasteiger partial charge in [0.25, 0.3) is 5.91 Å². The van der Waals surface area contributed by atoms with E-state index in [-0.39, 0.29) is 88.8 Å². The Hall–Kier alpha value is -3.09. The number of hydrogen-bond acceptors (Lipinski definition) is 6. The number of carbonyl (C=O) groups excluding carboxylic acids is 1. The fraction of sp³-hybridized carbons (Fsp3) is 0.703. The van der Waals surface area contributed by atoms with Gasteiger partial charge >= 0.3 is 5.97 Å². The number of nitrogens with zero attached hydrogens (tertiary/aromatic N) is 1. The van der Waals surface area contributed by atoms with Gasteiger partial charge in [0.2, 0.25) is 0 Å². The lowest BCUT2D eigenvalue weighted by Crippen LogP contribution is -2.62. The van der Waals surface area contributed by atoms with Crippen molar-refractivity contribution in [3.05, 3.63) is 34.9 Å². The number of benzene rings is 1. The number of carboxylic acids is 1. The summed E-state index contributed by atoms with van der Waals surface area (Å²) >= 11 is 0. The minimum Gasteiger partial charge on any atom is -0.481 e. The largest absolute Gasteiger partial charge is 0.481 e. The molecular formula is C37H54F2N4O6. The number of aliphatic hydroxyl groups excluding tert-OH is 2. The number of carboxylic acid groups (broad SMARTS) is 1. The molecule has 11 atom stereocenters. The highest BCUT2D eigenvalue weighted by Crippen LogP contribution is 2.68. The van der Waals surface area contributed by atoms with E-state index in [1.54, 1.807) is 0 Å². The lowest BCUT2D eigenvalue weighted by molar-refractivity contribution is -0.209. The molecule has 4 fully saturated rings. The van der Waals surface area contributed by atoms with Gasteiger partial charge in [0.15, 0.2) is 5.96 Å². The van der Waals surface area contributed by atoms with Crippen LogP contribution in [0, 0.1) is 58.0 Å². The van der Waals surface area contributed by atoms with Gasteiger partial charge in [0.05, 0.1) is 24.9 Å². The number of amides is 1. The van der Waals surface area contributed by atoms with Crippen LogP contribution in [0.5, 0.6) is 0 Å². The SMILES string of the molecule is CC(=Cc1cc(F)c(NCCOC2CCC3(C)C(C2)CC(O)C2C3CC(O)C3(C)C(C(C)CCC(=O)O)CCC23)c(F)c1)C(=O)N=C(N)N. The van der Waals surface area contributed by atoms with Gasteiger partial charge in [-0.3, -0.25) is 9.59 Å². The molecule has 1 aromatic carbocycles. The topological polar surface area (TPSA) is 180 Å². The molecule has 0 spiro atoms. The first-order valence-corrected chi connectivity index (χ1v) is 17.8. The van der Waals surface area contributed by atoms with E-state index in [4.69, 9.17) is 16.2 Å². The Kier molecular flexibility index (Phi) is 11.1. The third-order valence-electron chi connectivity index (χ3n) is 13.1. The predicted octanol–water partition coefficient (Wildman–Crippen LogP) is 5.07. The third kappa shape index (κ3) is 7.37. The molecule has 12 heteroatoms. The number of halogens is 2. The van der Waals surface area contributed by atoms with Crippen molar-refractivity contribution in [1.29, 1.82) is 0 Å². The van der Waals surface area contributed by atoms with Crippen molar-refractivity contribution in [2.24, 2.45) is 62.8 Å². The molecule has 4 aliphatic rings.